The molecule has 1 aliphatic carbocycles. The van der Waals surface area contributed by atoms with E-state index >= 15 is 0 Å². The molecule has 1 saturated carbocycles. The second kappa shape index (κ2) is 9.21. The van der Waals surface area contributed by atoms with E-state index in [1.165, 1.54) is 42.0 Å². The largest absolute Gasteiger partial charge is 0.336 e. The van der Waals surface area contributed by atoms with E-state index in [-0.39, 0.29) is 19.0 Å². The molecule has 0 spiro atoms. The van der Waals surface area contributed by atoms with Crippen LogP contribution in [0.1, 0.15) is 59.5 Å². The van der Waals surface area contributed by atoms with E-state index in [0.29, 0.717) is 35.0 Å². The minimum atomic E-state index is -3.57. The number of piperazine rings is 1. The summed E-state index contributed by atoms with van der Waals surface area (Å²) in [5, 5.41) is 8.89. The highest BCUT2D eigenvalue weighted by molar-refractivity contribution is 7.89. The first-order valence-electron chi connectivity index (χ1n) is 10.9. The quantitative estimate of drug-likeness (QED) is 0.729. The van der Waals surface area contributed by atoms with E-state index in [2.05, 4.69) is 0 Å². The van der Waals surface area contributed by atoms with Crippen LogP contribution in [0.3, 0.4) is 0 Å². The predicted molar refractivity (Wildman–Crippen MR) is 118 cm³/mol. The molecular formula is C24H27N3O3S. The molecule has 162 valence electrons. The first-order valence-corrected chi connectivity index (χ1v) is 12.3. The van der Waals surface area contributed by atoms with Gasteiger partial charge in [-0.15, -0.1) is 0 Å². The minimum absolute atomic E-state index is 0.140. The number of sulfonamides is 1. The van der Waals surface area contributed by atoms with Gasteiger partial charge in [-0.2, -0.15) is 9.57 Å². The molecule has 1 saturated heterocycles. The third-order valence-electron chi connectivity index (χ3n) is 6.38. The van der Waals surface area contributed by atoms with Gasteiger partial charge in [0.2, 0.25) is 10.0 Å². The fourth-order valence-corrected chi connectivity index (χ4v) is 5.92. The van der Waals surface area contributed by atoms with E-state index < -0.39 is 10.0 Å². The number of amides is 1. The van der Waals surface area contributed by atoms with Crippen LogP contribution >= 0.6 is 0 Å². The average molecular weight is 438 g/mol. The molecule has 0 bridgehead atoms. The van der Waals surface area contributed by atoms with Gasteiger partial charge in [-0.05, 0) is 60.7 Å². The Bertz CT molecular complexity index is 1060. The monoisotopic (exact) mass is 437 g/mol. The van der Waals surface area contributed by atoms with Crippen LogP contribution in [0.25, 0.3) is 0 Å². The lowest BCUT2D eigenvalue weighted by atomic mass is 9.84. The van der Waals surface area contributed by atoms with Gasteiger partial charge in [0, 0.05) is 31.7 Å². The van der Waals surface area contributed by atoms with Crippen molar-refractivity contribution in [3.05, 3.63) is 65.2 Å². The molecule has 0 N–H and O–H groups in total. The maximum Gasteiger partial charge on any atom is 0.253 e. The zero-order chi connectivity index (χ0) is 21.8. The lowest BCUT2D eigenvalue weighted by molar-refractivity contribution is 0.0698. The van der Waals surface area contributed by atoms with Gasteiger partial charge in [0.15, 0.2) is 0 Å². The summed E-state index contributed by atoms with van der Waals surface area (Å²) < 4.78 is 27.6. The van der Waals surface area contributed by atoms with Crippen molar-refractivity contribution in [3.8, 4) is 6.07 Å². The van der Waals surface area contributed by atoms with Gasteiger partial charge in [0.1, 0.15) is 0 Å². The van der Waals surface area contributed by atoms with Gasteiger partial charge in [-0.1, -0.05) is 31.4 Å². The predicted octanol–water partition coefficient (Wildman–Crippen LogP) is 3.75. The molecule has 1 heterocycles. The Morgan fingerprint density at radius 2 is 1.48 bits per heavy atom. The van der Waals surface area contributed by atoms with Crippen molar-refractivity contribution >= 4 is 15.9 Å². The molecular weight excluding hydrogens is 410 g/mol. The van der Waals surface area contributed by atoms with Crippen molar-refractivity contribution in [1.82, 2.24) is 9.21 Å². The van der Waals surface area contributed by atoms with Crippen LogP contribution in [-0.2, 0) is 10.0 Å². The molecule has 2 aromatic carbocycles. The first-order chi connectivity index (χ1) is 15.0. The molecule has 31 heavy (non-hydrogen) atoms. The maximum atomic E-state index is 13.1. The molecule has 4 rings (SSSR count). The van der Waals surface area contributed by atoms with Crippen LogP contribution < -0.4 is 0 Å². The van der Waals surface area contributed by atoms with Crippen LogP contribution in [0, 0.1) is 11.3 Å². The van der Waals surface area contributed by atoms with Gasteiger partial charge < -0.3 is 4.90 Å². The number of hydrogen-bond acceptors (Lipinski definition) is 4. The summed E-state index contributed by atoms with van der Waals surface area (Å²) in [7, 11) is -3.57. The van der Waals surface area contributed by atoms with Gasteiger partial charge in [-0.25, -0.2) is 8.42 Å². The van der Waals surface area contributed by atoms with Crippen molar-refractivity contribution in [2.24, 2.45) is 0 Å². The van der Waals surface area contributed by atoms with Gasteiger partial charge in [0.05, 0.1) is 16.5 Å². The Kier molecular flexibility index (Phi) is 6.40. The van der Waals surface area contributed by atoms with Gasteiger partial charge in [0.25, 0.3) is 5.91 Å². The van der Waals surface area contributed by atoms with E-state index in [4.69, 9.17) is 5.26 Å². The summed E-state index contributed by atoms with van der Waals surface area (Å²) in [6, 6.07) is 15.9. The SMILES string of the molecule is N#Cc1ccc(C(=O)N2CCN(S(=O)(=O)c3ccc(C4CCCCC4)cc3)CC2)cc1. The van der Waals surface area contributed by atoms with Gasteiger partial charge in [-0.3, -0.25) is 4.79 Å². The van der Waals surface area contributed by atoms with Crippen molar-refractivity contribution in [2.45, 2.75) is 42.9 Å². The minimum Gasteiger partial charge on any atom is -0.336 e. The number of nitrogens with zero attached hydrogens (tertiary/aromatic N) is 3. The fraction of sp³-hybridized carbons (Fsp3) is 0.417. The summed E-state index contributed by atoms with van der Waals surface area (Å²) in [5.41, 5.74) is 2.24. The Morgan fingerprint density at radius 1 is 0.871 bits per heavy atom. The maximum absolute atomic E-state index is 13.1. The number of hydrogen-bond donors (Lipinski definition) is 0. The Hall–Kier alpha value is -2.69. The number of benzene rings is 2. The van der Waals surface area contributed by atoms with Crippen molar-refractivity contribution in [2.75, 3.05) is 26.2 Å². The van der Waals surface area contributed by atoms with Crippen molar-refractivity contribution in [3.63, 3.8) is 0 Å². The summed E-state index contributed by atoms with van der Waals surface area (Å²) in [6.07, 6.45) is 6.15. The second-order valence-electron chi connectivity index (χ2n) is 8.29. The smallest absolute Gasteiger partial charge is 0.253 e. The van der Waals surface area contributed by atoms with E-state index in [0.717, 1.165) is 0 Å². The van der Waals surface area contributed by atoms with Crippen LogP contribution in [0.4, 0.5) is 0 Å². The average Bonchev–Trinajstić information content (AvgIpc) is 2.84. The third kappa shape index (κ3) is 4.65. The molecule has 2 fully saturated rings. The summed E-state index contributed by atoms with van der Waals surface area (Å²) in [4.78, 5) is 14.7. The van der Waals surface area contributed by atoms with Gasteiger partial charge >= 0.3 is 0 Å². The van der Waals surface area contributed by atoms with E-state index in [1.807, 2.05) is 18.2 Å². The summed E-state index contributed by atoms with van der Waals surface area (Å²) >= 11 is 0. The Morgan fingerprint density at radius 3 is 2.06 bits per heavy atom. The number of carbonyl (C=O) groups is 1. The van der Waals surface area contributed by atoms with E-state index in [9.17, 15) is 13.2 Å². The van der Waals surface area contributed by atoms with Crippen molar-refractivity contribution < 1.29 is 13.2 Å². The summed E-state index contributed by atoms with van der Waals surface area (Å²) in [5.74, 6) is 0.403. The molecule has 6 nitrogen and oxygen atoms in total. The molecule has 2 aliphatic rings. The lowest BCUT2D eigenvalue weighted by Crippen LogP contribution is -2.50. The topological polar surface area (TPSA) is 81.5 Å². The van der Waals surface area contributed by atoms with Crippen LogP contribution in [0.5, 0.6) is 0 Å². The molecule has 0 unspecified atom stereocenters. The Labute approximate surface area is 184 Å². The number of nitriles is 1. The highest BCUT2D eigenvalue weighted by atomic mass is 32.2. The molecule has 0 atom stereocenters. The molecule has 7 heteroatoms. The highest BCUT2D eigenvalue weighted by Gasteiger charge is 2.30. The van der Waals surface area contributed by atoms with Crippen LogP contribution in [-0.4, -0.2) is 49.7 Å². The van der Waals surface area contributed by atoms with Crippen molar-refractivity contribution in [1.29, 1.82) is 5.26 Å². The highest BCUT2D eigenvalue weighted by Crippen LogP contribution is 2.33. The number of rotatable bonds is 4. The molecule has 1 aliphatic heterocycles. The summed E-state index contributed by atoms with van der Waals surface area (Å²) in [6.45, 7) is 1.24. The molecule has 0 aromatic heterocycles. The zero-order valence-electron chi connectivity index (χ0n) is 17.5. The normalized spacial score (nSPS) is 18.5. The molecule has 0 radical (unpaired) electrons. The first kappa shape index (κ1) is 21.5. The second-order valence-corrected chi connectivity index (χ2v) is 10.2. The zero-order valence-corrected chi connectivity index (χ0v) is 18.4. The molecule has 1 amide bonds. The lowest BCUT2D eigenvalue weighted by Gasteiger charge is -2.34. The van der Waals surface area contributed by atoms with Crippen LogP contribution in [0.15, 0.2) is 53.4 Å². The fourth-order valence-electron chi connectivity index (χ4n) is 4.50. The molecule has 2 aromatic rings. The standard InChI is InChI=1S/C24H27N3O3S/c25-18-19-6-8-22(9-7-19)24(28)26-14-16-27(17-15-26)31(29,30)23-12-10-21(11-13-23)20-4-2-1-3-5-20/h6-13,20H,1-5,14-17H2. The Balaban J connectivity index is 1.39. The third-order valence-corrected chi connectivity index (χ3v) is 8.29. The van der Waals surface area contributed by atoms with E-state index in [1.54, 1.807) is 41.3 Å². The van der Waals surface area contributed by atoms with Crippen LogP contribution in [0.2, 0.25) is 0 Å². The number of carbonyl (C=O) groups excluding carboxylic acids is 1.